The number of imidazole rings is 1. The van der Waals surface area contributed by atoms with Gasteiger partial charge in [-0.1, -0.05) is 83.9 Å². The molecular weight excluding hydrogens is 681 g/mol. The molecule has 2 N–H and O–H groups in total. The lowest BCUT2D eigenvalue weighted by atomic mass is 10.0. The number of sulfonamides is 1. The van der Waals surface area contributed by atoms with Gasteiger partial charge in [-0.25, -0.2) is 18.2 Å². The number of aryl methyl sites for hydroxylation is 1. The van der Waals surface area contributed by atoms with Crippen molar-refractivity contribution in [2.75, 3.05) is 4.72 Å². The van der Waals surface area contributed by atoms with E-state index in [1.165, 1.54) is 30.3 Å². The molecule has 1 aromatic heterocycles. The summed E-state index contributed by atoms with van der Waals surface area (Å²) in [6.07, 6.45) is 5.94. The van der Waals surface area contributed by atoms with Gasteiger partial charge in [0.05, 0.1) is 26.9 Å². The normalized spacial score (nSPS) is 11.5. The number of hydrogen-bond donors (Lipinski definition) is 2. The van der Waals surface area contributed by atoms with Crippen molar-refractivity contribution in [3.8, 4) is 33.9 Å². The van der Waals surface area contributed by atoms with Crippen LogP contribution in [0.4, 0.5) is 5.69 Å². The molecule has 0 unspecified atom stereocenters. The van der Waals surface area contributed by atoms with E-state index in [1.807, 2.05) is 60.8 Å². The van der Waals surface area contributed by atoms with Crippen LogP contribution in [0.1, 0.15) is 28.7 Å². The zero-order valence-electron chi connectivity index (χ0n) is 26.0. The van der Waals surface area contributed by atoms with Gasteiger partial charge in [0.2, 0.25) is 0 Å². The summed E-state index contributed by atoms with van der Waals surface area (Å²) in [5, 5.41) is 10.6. The predicted molar refractivity (Wildman–Crippen MR) is 195 cm³/mol. The molecule has 0 bridgehead atoms. The number of nitrogens with one attached hydrogen (secondary N) is 1. The van der Waals surface area contributed by atoms with Gasteiger partial charge in [-0.05, 0) is 90.4 Å². The van der Waals surface area contributed by atoms with Crippen molar-refractivity contribution in [3.05, 3.63) is 148 Å². The molecule has 0 saturated heterocycles. The highest BCUT2D eigenvalue weighted by Gasteiger charge is 2.19. The number of anilines is 1. The van der Waals surface area contributed by atoms with Crippen LogP contribution in [0.5, 0.6) is 11.5 Å². The predicted octanol–water partition coefficient (Wildman–Crippen LogP) is 10.0. The number of carboxylic acid groups (broad SMARTS) is 1. The largest absolute Gasteiger partial charge is 0.478 e. The quantitative estimate of drug-likeness (QED) is 0.139. The van der Waals surface area contributed by atoms with Crippen LogP contribution in [0.2, 0.25) is 10.0 Å². The second-order valence-corrected chi connectivity index (χ2v) is 13.4. The van der Waals surface area contributed by atoms with Crippen molar-refractivity contribution in [3.63, 3.8) is 0 Å². The summed E-state index contributed by atoms with van der Waals surface area (Å²) in [7, 11) is -4.00. The van der Waals surface area contributed by atoms with Crippen LogP contribution in [-0.2, 0) is 16.6 Å². The number of hydrogen-bond acceptors (Lipinski definition) is 5. The zero-order chi connectivity index (χ0) is 34.5. The summed E-state index contributed by atoms with van der Waals surface area (Å²) in [6, 6.07) is 32.5. The number of aromatic nitrogens is 2. The molecule has 246 valence electrons. The molecule has 0 saturated carbocycles. The average Bonchev–Trinajstić information content (AvgIpc) is 3.52. The van der Waals surface area contributed by atoms with Crippen LogP contribution in [0.3, 0.4) is 0 Å². The third-order valence-corrected chi connectivity index (χ3v) is 9.56. The first-order valence-electron chi connectivity index (χ1n) is 15.1. The van der Waals surface area contributed by atoms with Crippen molar-refractivity contribution < 1.29 is 23.1 Å². The van der Waals surface area contributed by atoms with Gasteiger partial charge in [0, 0.05) is 23.3 Å². The van der Waals surface area contributed by atoms with Crippen LogP contribution >= 0.6 is 23.2 Å². The summed E-state index contributed by atoms with van der Waals surface area (Å²) in [5.74, 6) is 0.202. The highest BCUT2D eigenvalue weighted by Crippen LogP contribution is 2.34. The molecule has 1 heterocycles. The van der Waals surface area contributed by atoms with Gasteiger partial charge in [-0.15, -0.1) is 0 Å². The monoisotopic (exact) mass is 709 g/mol. The lowest BCUT2D eigenvalue weighted by molar-refractivity contribution is 0.0697. The molecule has 0 aliphatic carbocycles. The average molecular weight is 711 g/mol. The molecule has 11 heteroatoms. The van der Waals surface area contributed by atoms with E-state index in [0.717, 1.165) is 40.3 Å². The number of aromatic carboxylic acids is 1. The number of rotatable bonds is 11. The fourth-order valence-electron chi connectivity index (χ4n) is 5.08. The molecular formula is C38H29Cl2N3O5S. The van der Waals surface area contributed by atoms with E-state index in [1.54, 1.807) is 42.5 Å². The minimum Gasteiger partial charge on any atom is -0.478 e. The summed E-state index contributed by atoms with van der Waals surface area (Å²) < 4.78 is 36.5. The van der Waals surface area contributed by atoms with Gasteiger partial charge in [-0.2, -0.15) is 0 Å². The first kappa shape index (κ1) is 33.5. The smallest absolute Gasteiger partial charge is 0.335 e. The minimum atomic E-state index is -4.00. The lowest BCUT2D eigenvalue weighted by Crippen LogP contribution is -2.14. The first-order chi connectivity index (χ1) is 23.6. The number of carboxylic acids is 1. The Morgan fingerprint density at radius 3 is 2.22 bits per heavy atom. The van der Waals surface area contributed by atoms with Gasteiger partial charge < -0.3 is 14.4 Å². The maximum atomic E-state index is 13.0. The molecule has 6 rings (SSSR count). The van der Waals surface area contributed by atoms with E-state index in [9.17, 15) is 18.3 Å². The lowest BCUT2D eigenvalue weighted by Gasteiger charge is -2.15. The van der Waals surface area contributed by atoms with Gasteiger partial charge in [0.15, 0.2) is 5.75 Å². The highest BCUT2D eigenvalue weighted by molar-refractivity contribution is 7.92. The van der Waals surface area contributed by atoms with E-state index >= 15 is 0 Å². The van der Waals surface area contributed by atoms with Crippen molar-refractivity contribution in [1.82, 2.24) is 9.55 Å². The van der Waals surface area contributed by atoms with E-state index in [2.05, 4.69) is 16.2 Å². The van der Waals surface area contributed by atoms with Gasteiger partial charge in [0.25, 0.3) is 10.0 Å². The molecule has 0 spiro atoms. The molecule has 8 nitrogen and oxygen atoms in total. The Bertz CT molecular complexity index is 2270. The van der Waals surface area contributed by atoms with E-state index in [-0.39, 0.29) is 21.9 Å². The Morgan fingerprint density at radius 2 is 1.57 bits per heavy atom. The molecule has 0 fully saturated rings. The number of ether oxygens (including phenoxy) is 1. The van der Waals surface area contributed by atoms with Gasteiger partial charge in [-0.3, -0.25) is 4.72 Å². The standard InChI is InChI=1S/C38H29Cl2N3O5S/c1-2-43-24-35(32-19-16-29(39)23-33(32)40)41-37(43)21-10-25-8-11-26(12-9-25)27-13-17-30(18-14-27)48-36-20-15-28(38(44)45)22-34(36)42-49(46,47)31-6-4-3-5-7-31/h3-24,42H,2H2,1H3,(H,44,45)/b21-10+. The van der Waals surface area contributed by atoms with Crippen molar-refractivity contribution in [1.29, 1.82) is 0 Å². The summed E-state index contributed by atoms with van der Waals surface area (Å²) >= 11 is 12.5. The Kier molecular flexibility index (Phi) is 9.87. The third-order valence-electron chi connectivity index (χ3n) is 7.63. The number of carbonyl (C=O) groups is 1. The molecule has 0 aliphatic heterocycles. The van der Waals surface area contributed by atoms with Crippen LogP contribution in [0.25, 0.3) is 34.5 Å². The van der Waals surface area contributed by atoms with Gasteiger partial charge >= 0.3 is 5.97 Å². The number of halogens is 2. The van der Waals surface area contributed by atoms with E-state index in [0.29, 0.717) is 15.8 Å². The number of nitrogens with zero attached hydrogens (tertiary/aromatic N) is 2. The fourth-order valence-corrected chi connectivity index (χ4v) is 6.67. The molecule has 5 aromatic carbocycles. The van der Waals surface area contributed by atoms with Crippen LogP contribution < -0.4 is 9.46 Å². The Balaban J connectivity index is 1.17. The summed E-state index contributed by atoms with van der Waals surface area (Å²) in [6.45, 7) is 2.80. The molecule has 0 radical (unpaired) electrons. The third kappa shape index (κ3) is 7.87. The molecule has 6 aromatic rings. The molecule has 0 amide bonds. The Hall–Kier alpha value is -5.35. The van der Waals surface area contributed by atoms with Crippen molar-refractivity contribution in [2.45, 2.75) is 18.4 Å². The Morgan fingerprint density at radius 1 is 0.878 bits per heavy atom. The fraction of sp³-hybridized carbons (Fsp3) is 0.0526. The Labute approximate surface area is 293 Å². The summed E-state index contributed by atoms with van der Waals surface area (Å²) in [4.78, 5) is 16.4. The zero-order valence-corrected chi connectivity index (χ0v) is 28.4. The molecule has 0 atom stereocenters. The SMILES string of the molecule is CCn1cc(-c2ccc(Cl)cc2Cl)nc1/C=C/c1ccc(-c2ccc(Oc3ccc(C(=O)O)cc3NS(=O)(=O)c3ccccc3)cc2)cc1. The second-order valence-electron chi connectivity index (χ2n) is 10.9. The van der Waals surface area contributed by atoms with Crippen LogP contribution in [0.15, 0.2) is 126 Å². The van der Waals surface area contributed by atoms with Crippen LogP contribution in [-0.4, -0.2) is 29.0 Å². The topological polar surface area (TPSA) is 111 Å². The van der Waals surface area contributed by atoms with Crippen molar-refractivity contribution in [2.24, 2.45) is 0 Å². The van der Waals surface area contributed by atoms with Crippen molar-refractivity contribution >= 4 is 57.0 Å². The maximum Gasteiger partial charge on any atom is 0.335 e. The van der Waals surface area contributed by atoms with Gasteiger partial charge in [0.1, 0.15) is 11.6 Å². The maximum absolute atomic E-state index is 13.0. The van der Waals surface area contributed by atoms with E-state index < -0.39 is 16.0 Å². The van der Waals surface area contributed by atoms with Crippen LogP contribution in [0, 0.1) is 0 Å². The molecule has 0 aliphatic rings. The minimum absolute atomic E-state index is 0.00267. The summed E-state index contributed by atoms with van der Waals surface area (Å²) in [5.41, 5.74) is 4.43. The molecule has 49 heavy (non-hydrogen) atoms. The van der Waals surface area contributed by atoms with E-state index in [4.69, 9.17) is 32.9 Å². The number of benzene rings is 5. The second kappa shape index (κ2) is 14.4. The first-order valence-corrected chi connectivity index (χ1v) is 17.4. The highest BCUT2D eigenvalue weighted by atomic mass is 35.5.